The number of methoxy groups -OCH3 is 1. The highest BCUT2D eigenvalue weighted by Gasteiger charge is 2.32. The molecule has 1 aliphatic heterocycles. The Morgan fingerprint density at radius 3 is 2.60 bits per heavy atom. The van der Waals surface area contributed by atoms with Gasteiger partial charge in [-0.25, -0.2) is 18.6 Å². The molecule has 0 radical (unpaired) electrons. The summed E-state index contributed by atoms with van der Waals surface area (Å²) >= 11 is 0. The third kappa shape index (κ3) is 4.82. The van der Waals surface area contributed by atoms with Crippen molar-refractivity contribution in [3.63, 3.8) is 0 Å². The van der Waals surface area contributed by atoms with Crippen LogP contribution in [-0.4, -0.2) is 34.1 Å². The fraction of sp³-hybridized carbons (Fsp3) is 0.320. The number of aromatic nitrogens is 2. The molecule has 2 heterocycles. The molecule has 2 aromatic carbocycles. The Morgan fingerprint density at radius 1 is 1.14 bits per heavy atom. The van der Waals surface area contributed by atoms with Crippen molar-refractivity contribution in [2.45, 2.75) is 38.4 Å². The zero-order valence-corrected chi connectivity index (χ0v) is 19.2. The summed E-state index contributed by atoms with van der Waals surface area (Å²) in [6.45, 7) is 0.952. The second-order valence-electron chi connectivity index (χ2n) is 8.70. The lowest BCUT2D eigenvalue weighted by Gasteiger charge is -2.29. The third-order valence-electron chi connectivity index (χ3n) is 6.24. The van der Waals surface area contributed by atoms with E-state index in [-0.39, 0.29) is 23.8 Å². The highest BCUT2D eigenvalue weighted by Crippen LogP contribution is 2.36. The number of anilines is 2. The number of ether oxygens (including phenoxy) is 1. The van der Waals surface area contributed by atoms with Crippen molar-refractivity contribution in [3.05, 3.63) is 81.3 Å². The maximum absolute atomic E-state index is 13.5. The molecule has 3 aromatic rings. The van der Waals surface area contributed by atoms with Crippen molar-refractivity contribution in [1.82, 2.24) is 14.5 Å². The fourth-order valence-corrected chi connectivity index (χ4v) is 4.16. The monoisotopic (exact) mass is 481 g/mol. The molecular formula is C25H25F2N5O3. The Morgan fingerprint density at radius 2 is 1.91 bits per heavy atom. The number of benzene rings is 2. The normalized spacial score (nSPS) is 14.9. The van der Waals surface area contributed by atoms with Crippen LogP contribution in [0.5, 0.6) is 5.75 Å². The number of nitrogens with one attached hydrogen (secondary N) is 2. The summed E-state index contributed by atoms with van der Waals surface area (Å²) in [5.74, 6) is -0.726. The van der Waals surface area contributed by atoms with Gasteiger partial charge < -0.3 is 20.3 Å². The quantitative estimate of drug-likeness (QED) is 0.554. The van der Waals surface area contributed by atoms with E-state index in [1.54, 1.807) is 11.7 Å². The minimum absolute atomic E-state index is 0.0880. The van der Waals surface area contributed by atoms with E-state index in [9.17, 15) is 18.4 Å². The number of fused-ring (bicyclic) bond motifs is 1. The number of halogens is 2. The van der Waals surface area contributed by atoms with E-state index in [2.05, 4.69) is 10.6 Å². The minimum Gasteiger partial charge on any atom is -0.497 e. The predicted molar refractivity (Wildman–Crippen MR) is 127 cm³/mol. The number of amides is 2. The van der Waals surface area contributed by atoms with E-state index in [0.29, 0.717) is 36.7 Å². The van der Waals surface area contributed by atoms with Crippen molar-refractivity contribution in [1.29, 1.82) is 0 Å². The molecule has 2 aliphatic rings. The molecule has 35 heavy (non-hydrogen) atoms. The van der Waals surface area contributed by atoms with Gasteiger partial charge in [-0.15, -0.1) is 0 Å². The standard InChI is InChI=1S/C25H25F2N5O3/c1-35-18-7-2-15(3-8-18)13-28-24-30-22-10-11-31(14-19(22)23(33)32(24)17-5-6-17)25(34)29-16-4-9-20(26)21(27)12-16/h2-4,7-9,12,17H,5-6,10-11,13-14H2,1H3,(H,28,30)(H,29,34). The first-order valence-electron chi connectivity index (χ1n) is 11.4. The van der Waals surface area contributed by atoms with Crippen LogP contribution in [0.15, 0.2) is 47.3 Å². The number of urea groups is 1. The molecular weight excluding hydrogens is 456 g/mol. The second-order valence-corrected chi connectivity index (χ2v) is 8.70. The number of nitrogens with zero attached hydrogens (tertiary/aromatic N) is 3. The lowest BCUT2D eigenvalue weighted by atomic mass is 10.1. The molecule has 182 valence electrons. The maximum Gasteiger partial charge on any atom is 0.322 e. The van der Waals surface area contributed by atoms with E-state index >= 15 is 0 Å². The average Bonchev–Trinajstić information content (AvgIpc) is 3.70. The van der Waals surface area contributed by atoms with Crippen molar-refractivity contribution < 1.29 is 18.3 Å². The van der Waals surface area contributed by atoms with Gasteiger partial charge in [0.25, 0.3) is 5.56 Å². The lowest BCUT2D eigenvalue weighted by Crippen LogP contribution is -2.43. The summed E-state index contributed by atoms with van der Waals surface area (Å²) in [7, 11) is 1.62. The lowest BCUT2D eigenvalue weighted by molar-refractivity contribution is 0.205. The molecule has 2 amide bonds. The van der Waals surface area contributed by atoms with Crippen LogP contribution in [0.2, 0.25) is 0 Å². The van der Waals surface area contributed by atoms with Crippen LogP contribution in [0.25, 0.3) is 0 Å². The van der Waals surface area contributed by atoms with Gasteiger partial charge >= 0.3 is 6.03 Å². The molecule has 1 fully saturated rings. The maximum atomic E-state index is 13.5. The van der Waals surface area contributed by atoms with Crippen LogP contribution in [-0.2, 0) is 19.5 Å². The van der Waals surface area contributed by atoms with Crippen LogP contribution >= 0.6 is 0 Å². The molecule has 1 aromatic heterocycles. The summed E-state index contributed by atoms with van der Waals surface area (Å²) in [5, 5.41) is 5.88. The largest absolute Gasteiger partial charge is 0.497 e. The van der Waals surface area contributed by atoms with Gasteiger partial charge in [0, 0.05) is 37.3 Å². The molecule has 0 saturated heterocycles. The zero-order valence-electron chi connectivity index (χ0n) is 19.2. The van der Waals surface area contributed by atoms with Gasteiger partial charge in [-0.3, -0.25) is 9.36 Å². The SMILES string of the molecule is COc1ccc(CNc2nc3c(c(=O)n2C2CC2)CN(C(=O)Nc2ccc(F)c(F)c2)CC3)cc1. The summed E-state index contributed by atoms with van der Waals surface area (Å²) in [5.41, 5.74) is 2.17. The average molecular weight is 482 g/mol. The van der Waals surface area contributed by atoms with Crippen LogP contribution in [0.3, 0.4) is 0 Å². The molecule has 8 nitrogen and oxygen atoms in total. The molecule has 5 rings (SSSR count). The van der Waals surface area contributed by atoms with Gasteiger partial charge in [0.05, 0.1) is 24.9 Å². The van der Waals surface area contributed by atoms with Crippen molar-refractivity contribution >= 4 is 17.7 Å². The topological polar surface area (TPSA) is 88.5 Å². The van der Waals surface area contributed by atoms with E-state index in [1.807, 2.05) is 24.3 Å². The van der Waals surface area contributed by atoms with Gasteiger partial charge in [-0.1, -0.05) is 12.1 Å². The molecule has 2 N–H and O–H groups in total. The molecule has 0 unspecified atom stereocenters. The Balaban J connectivity index is 1.34. The Bertz CT molecular complexity index is 1320. The molecule has 0 atom stereocenters. The molecule has 1 aliphatic carbocycles. The first-order valence-corrected chi connectivity index (χ1v) is 11.4. The highest BCUT2D eigenvalue weighted by atomic mass is 19.2. The van der Waals surface area contributed by atoms with Crippen LogP contribution in [0.1, 0.15) is 35.7 Å². The van der Waals surface area contributed by atoms with E-state index in [1.165, 1.54) is 11.0 Å². The van der Waals surface area contributed by atoms with Crippen molar-refractivity contribution in [2.24, 2.45) is 0 Å². The van der Waals surface area contributed by atoms with Crippen molar-refractivity contribution in [3.8, 4) is 5.75 Å². The molecule has 0 bridgehead atoms. The smallest absolute Gasteiger partial charge is 0.322 e. The Kier molecular flexibility index (Phi) is 6.10. The number of carbonyl (C=O) groups excluding carboxylic acids is 1. The number of hydrogen-bond acceptors (Lipinski definition) is 5. The summed E-state index contributed by atoms with van der Waals surface area (Å²) < 4.78 is 33.5. The third-order valence-corrected chi connectivity index (χ3v) is 6.24. The fourth-order valence-electron chi connectivity index (χ4n) is 4.16. The van der Waals surface area contributed by atoms with Crippen LogP contribution in [0.4, 0.5) is 25.2 Å². The van der Waals surface area contributed by atoms with Gasteiger partial charge in [0.1, 0.15) is 5.75 Å². The van der Waals surface area contributed by atoms with Gasteiger partial charge in [-0.2, -0.15) is 0 Å². The first-order chi connectivity index (χ1) is 16.9. The van der Waals surface area contributed by atoms with E-state index in [0.717, 1.165) is 36.3 Å². The Hall–Kier alpha value is -3.95. The summed E-state index contributed by atoms with van der Waals surface area (Å²) in [6, 6.07) is 10.4. The summed E-state index contributed by atoms with van der Waals surface area (Å²) in [6.07, 6.45) is 2.22. The second kappa shape index (κ2) is 9.36. The molecule has 0 spiro atoms. The van der Waals surface area contributed by atoms with Gasteiger partial charge in [0.2, 0.25) is 5.95 Å². The zero-order chi connectivity index (χ0) is 24.5. The van der Waals surface area contributed by atoms with E-state index < -0.39 is 17.7 Å². The number of carbonyl (C=O) groups is 1. The van der Waals surface area contributed by atoms with Crippen molar-refractivity contribution in [2.75, 3.05) is 24.3 Å². The highest BCUT2D eigenvalue weighted by molar-refractivity contribution is 5.89. The Labute approximate surface area is 200 Å². The van der Waals surface area contributed by atoms with Crippen LogP contribution < -0.4 is 20.9 Å². The van der Waals surface area contributed by atoms with Gasteiger partial charge in [-0.05, 0) is 42.7 Å². The summed E-state index contributed by atoms with van der Waals surface area (Å²) in [4.78, 5) is 32.4. The van der Waals surface area contributed by atoms with E-state index in [4.69, 9.17) is 9.72 Å². The van der Waals surface area contributed by atoms with Crippen LogP contribution in [0, 0.1) is 11.6 Å². The number of rotatable bonds is 6. The predicted octanol–water partition coefficient (Wildman–Crippen LogP) is 4.07. The number of hydrogen-bond donors (Lipinski definition) is 2. The minimum atomic E-state index is -1.04. The molecule has 1 saturated carbocycles. The molecule has 10 heteroatoms. The first kappa shape index (κ1) is 22.8. The van der Waals surface area contributed by atoms with Gasteiger partial charge in [0.15, 0.2) is 11.6 Å².